The first-order chi connectivity index (χ1) is 14.6. The summed E-state index contributed by atoms with van der Waals surface area (Å²) in [6.07, 6.45) is 0.630. The summed E-state index contributed by atoms with van der Waals surface area (Å²) in [6, 6.07) is 1.30. The highest BCUT2D eigenvalue weighted by molar-refractivity contribution is 7.18. The van der Waals surface area contributed by atoms with Gasteiger partial charge in [0.05, 0.1) is 23.7 Å². The minimum atomic E-state index is -0.638. The minimum Gasteiger partial charge on any atom is -0.462 e. The number of nitrogens with zero attached hydrogens (tertiary/aromatic N) is 3. The molecule has 0 aliphatic rings. The highest BCUT2D eigenvalue weighted by Crippen LogP contribution is 2.34. The number of hydrogen-bond acceptors (Lipinski definition) is 8. The van der Waals surface area contributed by atoms with Crippen molar-refractivity contribution in [1.82, 2.24) is 14.7 Å². The van der Waals surface area contributed by atoms with Gasteiger partial charge >= 0.3 is 11.9 Å². The first-order valence-corrected chi connectivity index (χ1v) is 10.5. The fourth-order valence-electron chi connectivity index (χ4n) is 2.66. The Morgan fingerprint density at radius 2 is 1.84 bits per heavy atom. The molecule has 0 unspecified atom stereocenters. The van der Waals surface area contributed by atoms with E-state index in [2.05, 4.69) is 10.4 Å². The Labute approximate surface area is 184 Å². The van der Waals surface area contributed by atoms with E-state index in [4.69, 9.17) is 9.47 Å². The standard InChI is InChI=1S/C20H26N4O6S/c1-7-9-30-20(28)14-11(3)15(18(26)23(4)5)31-17(14)21-16(25)12-10-13(24(6)22-12)19(27)29-8-2/h10H,7-9H2,1-6H3,(H,21,25). The summed E-state index contributed by atoms with van der Waals surface area (Å²) in [5.41, 5.74) is 0.622. The Morgan fingerprint density at radius 1 is 1.16 bits per heavy atom. The Kier molecular flexibility index (Phi) is 7.92. The molecule has 1 N–H and O–H groups in total. The zero-order valence-electron chi connectivity index (χ0n) is 18.4. The molecule has 0 bridgehead atoms. The first-order valence-electron chi connectivity index (χ1n) is 9.66. The molecule has 2 heterocycles. The highest BCUT2D eigenvalue weighted by atomic mass is 32.1. The van der Waals surface area contributed by atoms with Gasteiger partial charge in [0.2, 0.25) is 0 Å². The summed E-state index contributed by atoms with van der Waals surface area (Å²) < 4.78 is 11.4. The predicted molar refractivity (Wildman–Crippen MR) is 115 cm³/mol. The van der Waals surface area contributed by atoms with Crippen molar-refractivity contribution in [2.45, 2.75) is 27.2 Å². The Balaban J connectivity index is 2.41. The smallest absolute Gasteiger partial charge is 0.356 e. The third-order valence-electron chi connectivity index (χ3n) is 4.21. The lowest BCUT2D eigenvalue weighted by Crippen LogP contribution is -2.21. The highest BCUT2D eigenvalue weighted by Gasteiger charge is 2.28. The maximum atomic E-state index is 12.8. The lowest BCUT2D eigenvalue weighted by Gasteiger charge is -2.09. The van der Waals surface area contributed by atoms with Gasteiger partial charge in [0.25, 0.3) is 11.8 Å². The van der Waals surface area contributed by atoms with Crippen molar-refractivity contribution in [2.75, 3.05) is 32.6 Å². The average molecular weight is 451 g/mol. The molecular formula is C20H26N4O6S. The zero-order valence-corrected chi connectivity index (χ0v) is 19.2. The van der Waals surface area contributed by atoms with E-state index in [0.717, 1.165) is 11.3 Å². The second-order valence-electron chi connectivity index (χ2n) is 6.81. The normalized spacial score (nSPS) is 10.5. The van der Waals surface area contributed by atoms with Crippen LogP contribution >= 0.6 is 11.3 Å². The number of carbonyl (C=O) groups is 4. The third kappa shape index (κ3) is 5.29. The van der Waals surface area contributed by atoms with E-state index in [9.17, 15) is 19.2 Å². The molecule has 168 valence electrons. The maximum Gasteiger partial charge on any atom is 0.356 e. The van der Waals surface area contributed by atoms with Crippen molar-refractivity contribution in [3.63, 3.8) is 0 Å². The fraction of sp³-hybridized carbons (Fsp3) is 0.450. The summed E-state index contributed by atoms with van der Waals surface area (Å²) >= 11 is 0.983. The van der Waals surface area contributed by atoms with Crippen LogP contribution in [0.25, 0.3) is 0 Å². The molecule has 0 radical (unpaired) electrons. The maximum absolute atomic E-state index is 12.8. The molecule has 11 heteroatoms. The Bertz CT molecular complexity index is 1010. The number of amides is 2. The number of aromatic nitrogens is 2. The van der Waals surface area contributed by atoms with E-state index in [1.54, 1.807) is 27.9 Å². The summed E-state index contributed by atoms with van der Waals surface area (Å²) in [5.74, 6) is -2.17. The van der Waals surface area contributed by atoms with Crippen molar-refractivity contribution >= 4 is 40.1 Å². The molecule has 0 atom stereocenters. The van der Waals surface area contributed by atoms with E-state index in [1.165, 1.54) is 22.7 Å². The lowest BCUT2D eigenvalue weighted by molar-refractivity contribution is 0.0499. The molecule has 0 aliphatic heterocycles. The summed E-state index contributed by atoms with van der Waals surface area (Å²) in [5, 5.41) is 6.85. The number of nitrogens with one attached hydrogen (secondary N) is 1. The number of thiophene rings is 1. The molecule has 2 amide bonds. The average Bonchev–Trinajstić information content (AvgIpc) is 3.25. The van der Waals surface area contributed by atoms with Gasteiger partial charge in [-0.15, -0.1) is 11.3 Å². The number of rotatable bonds is 8. The molecule has 0 fully saturated rings. The van der Waals surface area contributed by atoms with E-state index < -0.39 is 17.8 Å². The van der Waals surface area contributed by atoms with Crippen LogP contribution in [-0.2, 0) is 16.5 Å². The van der Waals surface area contributed by atoms with Crippen LogP contribution in [0, 0.1) is 6.92 Å². The number of ether oxygens (including phenoxy) is 2. The minimum absolute atomic E-state index is 0.0371. The van der Waals surface area contributed by atoms with Crippen LogP contribution in [-0.4, -0.2) is 65.7 Å². The van der Waals surface area contributed by atoms with Crippen LogP contribution in [0.4, 0.5) is 5.00 Å². The van der Waals surface area contributed by atoms with Gasteiger partial charge < -0.3 is 19.7 Å². The summed E-state index contributed by atoms with van der Waals surface area (Å²) in [7, 11) is 4.71. The topological polar surface area (TPSA) is 120 Å². The number of carbonyl (C=O) groups excluding carboxylic acids is 4. The van der Waals surface area contributed by atoms with Crippen LogP contribution in [0.3, 0.4) is 0 Å². The summed E-state index contributed by atoms with van der Waals surface area (Å²) in [4.78, 5) is 51.6. The monoisotopic (exact) mass is 450 g/mol. The number of esters is 2. The molecule has 10 nitrogen and oxygen atoms in total. The molecule has 0 aliphatic carbocycles. The van der Waals surface area contributed by atoms with Crippen LogP contribution in [0.1, 0.15) is 66.8 Å². The van der Waals surface area contributed by atoms with Crippen LogP contribution < -0.4 is 5.32 Å². The second kappa shape index (κ2) is 10.2. The van der Waals surface area contributed by atoms with Gasteiger partial charge in [-0.05, 0) is 25.8 Å². The van der Waals surface area contributed by atoms with E-state index in [0.29, 0.717) is 16.9 Å². The van der Waals surface area contributed by atoms with Crippen molar-refractivity contribution in [1.29, 1.82) is 0 Å². The molecule has 0 saturated carbocycles. The van der Waals surface area contributed by atoms with Gasteiger partial charge in [0, 0.05) is 27.2 Å². The molecule has 0 aromatic carbocycles. The largest absolute Gasteiger partial charge is 0.462 e. The van der Waals surface area contributed by atoms with Gasteiger partial charge in [-0.3, -0.25) is 14.3 Å². The molecule has 2 rings (SSSR count). The molecule has 0 spiro atoms. The van der Waals surface area contributed by atoms with Gasteiger partial charge in [-0.1, -0.05) is 6.92 Å². The fourth-order valence-corrected chi connectivity index (χ4v) is 3.87. The number of anilines is 1. The first kappa shape index (κ1) is 24.1. The van der Waals surface area contributed by atoms with Gasteiger partial charge in [-0.25, -0.2) is 9.59 Å². The second-order valence-corrected chi connectivity index (χ2v) is 7.83. The van der Waals surface area contributed by atoms with Crippen molar-refractivity contribution in [3.8, 4) is 0 Å². The SMILES string of the molecule is CCCOC(=O)c1c(NC(=O)c2cc(C(=O)OCC)n(C)n2)sc(C(=O)N(C)C)c1C. The zero-order chi connectivity index (χ0) is 23.3. The summed E-state index contributed by atoms with van der Waals surface area (Å²) in [6.45, 7) is 5.56. The van der Waals surface area contributed by atoms with Crippen molar-refractivity contribution < 1.29 is 28.7 Å². The van der Waals surface area contributed by atoms with Crippen LogP contribution in [0.2, 0.25) is 0 Å². The number of aryl methyl sites for hydroxylation is 1. The number of hydrogen-bond donors (Lipinski definition) is 1. The van der Waals surface area contributed by atoms with E-state index in [-0.39, 0.29) is 41.1 Å². The van der Waals surface area contributed by atoms with E-state index in [1.807, 2.05) is 6.92 Å². The quantitative estimate of drug-likeness (QED) is 0.614. The van der Waals surface area contributed by atoms with Gasteiger partial charge in [-0.2, -0.15) is 5.10 Å². The predicted octanol–water partition coefficient (Wildman–Crippen LogP) is 2.49. The molecular weight excluding hydrogens is 424 g/mol. The molecule has 31 heavy (non-hydrogen) atoms. The van der Waals surface area contributed by atoms with Crippen molar-refractivity contribution in [2.24, 2.45) is 7.05 Å². The van der Waals surface area contributed by atoms with Crippen LogP contribution in [0.15, 0.2) is 6.07 Å². The Morgan fingerprint density at radius 3 is 2.42 bits per heavy atom. The van der Waals surface area contributed by atoms with Crippen molar-refractivity contribution in [3.05, 3.63) is 33.5 Å². The molecule has 0 saturated heterocycles. The van der Waals surface area contributed by atoms with Gasteiger partial charge in [0.1, 0.15) is 10.7 Å². The van der Waals surface area contributed by atoms with Crippen LogP contribution in [0.5, 0.6) is 0 Å². The molecule has 2 aromatic rings. The molecule has 2 aromatic heterocycles. The van der Waals surface area contributed by atoms with E-state index >= 15 is 0 Å². The third-order valence-corrected chi connectivity index (χ3v) is 5.41. The Hall–Kier alpha value is -3.21. The van der Waals surface area contributed by atoms with Gasteiger partial charge in [0.15, 0.2) is 5.69 Å². The lowest BCUT2D eigenvalue weighted by atomic mass is 10.1.